The second-order valence-electron chi connectivity index (χ2n) is 8.07. The third-order valence-corrected chi connectivity index (χ3v) is 5.74. The van der Waals surface area contributed by atoms with Gasteiger partial charge in [0.1, 0.15) is 5.75 Å². The Labute approximate surface area is 187 Å². The Morgan fingerprint density at radius 1 is 1.03 bits per heavy atom. The lowest BCUT2D eigenvalue weighted by molar-refractivity contribution is 0.0690. The molecule has 2 aromatic carbocycles. The van der Waals surface area contributed by atoms with Crippen LogP contribution in [0.4, 0.5) is 11.4 Å². The summed E-state index contributed by atoms with van der Waals surface area (Å²) in [5.41, 5.74) is 3.48. The molecular weight excluding hydrogens is 404 g/mol. The molecule has 2 heterocycles. The summed E-state index contributed by atoms with van der Waals surface area (Å²) >= 11 is 0. The molecule has 0 atom stereocenters. The van der Waals surface area contributed by atoms with Crippen LogP contribution in [0.3, 0.4) is 0 Å². The lowest BCUT2D eigenvalue weighted by atomic mass is 9.95. The summed E-state index contributed by atoms with van der Waals surface area (Å²) in [5.74, 6) is 0.580. The highest BCUT2D eigenvalue weighted by molar-refractivity contribution is 5.92. The van der Waals surface area contributed by atoms with E-state index in [1.807, 2.05) is 36.4 Å². The van der Waals surface area contributed by atoms with Crippen molar-refractivity contribution in [3.63, 3.8) is 0 Å². The van der Waals surface area contributed by atoms with Gasteiger partial charge in [0.2, 0.25) is 0 Å². The molecule has 0 saturated carbocycles. The summed E-state index contributed by atoms with van der Waals surface area (Å²) in [5, 5.41) is 23.0. The van der Waals surface area contributed by atoms with E-state index < -0.39 is 5.97 Å². The Hall–Kier alpha value is -3.45. The zero-order valence-corrected chi connectivity index (χ0v) is 18.0. The van der Waals surface area contributed by atoms with Crippen LogP contribution in [0.25, 0.3) is 0 Å². The predicted molar refractivity (Wildman–Crippen MR) is 124 cm³/mol. The van der Waals surface area contributed by atoms with Crippen molar-refractivity contribution in [3.05, 3.63) is 77.6 Å². The van der Waals surface area contributed by atoms with E-state index in [0.29, 0.717) is 5.69 Å². The molecule has 3 aromatic rings. The van der Waals surface area contributed by atoms with Crippen molar-refractivity contribution in [2.75, 3.05) is 25.0 Å². The largest absolute Gasteiger partial charge is 0.494 e. The van der Waals surface area contributed by atoms with E-state index in [1.54, 1.807) is 6.07 Å². The van der Waals surface area contributed by atoms with E-state index in [1.165, 1.54) is 30.2 Å². The van der Waals surface area contributed by atoms with Crippen molar-refractivity contribution in [2.24, 2.45) is 5.92 Å². The highest BCUT2D eigenvalue weighted by atomic mass is 16.5. The highest BCUT2D eigenvalue weighted by Gasteiger charge is 2.13. The van der Waals surface area contributed by atoms with E-state index in [-0.39, 0.29) is 5.69 Å². The number of aromatic nitrogens is 2. The molecule has 0 bridgehead atoms. The second-order valence-corrected chi connectivity index (χ2v) is 8.07. The third kappa shape index (κ3) is 6.04. The van der Waals surface area contributed by atoms with E-state index >= 15 is 0 Å². The normalized spacial score (nSPS) is 14.1. The number of piperidine rings is 1. The number of anilines is 2. The predicted octanol–water partition coefficient (Wildman–Crippen LogP) is 4.28. The van der Waals surface area contributed by atoms with Gasteiger partial charge in [-0.3, -0.25) is 0 Å². The summed E-state index contributed by atoms with van der Waals surface area (Å²) in [6, 6.07) is 17.8. The highest BCUT2D eigenvalue weighted by Crippen LogP contribution is 2.22. The van der Waals surface area contributed by atoms with Gasteiger partial charge in [-0.25, -0.2) is 4.79 Å². The Kier molecular flexibility index (Phi) is 7.30. The van der Waals surface area contributed by atoms with Gasteiger partial charge in [0, 0.05) is 5.69 Å². The first-order valence-corrected chi connectivity index (χ1v) is 11.0. The molecule has 0 amide bonds. The number of rotatable bonds is 9. The second kappa shape index (κ2) is 10.7. The zero-order chi connectivity index (χ0) is 22.2. The first-order valence-electron chi connectivity index (χ1n) is 11.0. The number of ether oxygens (including phenoxy) is 1. The monoisotopic (exact) mass is 432 g/mol. The first kappa shape index (κ1) is 21.8. The number of carbonyl (C=O) groups is 1. The molecule has 1 fully saturated rings. The summed E-state index contributed by atoms with van der Waals surface area (Å²) in [6.07, 6.45) is 5.89. The molecular formula is C25H28N4O3. The van der Waals surface area contributed by atoms with Gasteiger partial charge < -0.3 is 20.5 Å². The number of carboxylic acids is 1. The van der Waals surface area contributed by atoms with Crippen LogP contribution in [-0.2, 0) is 6.42 Å². The number of nitrogens with zero attached hydrogens (tertiary/aromatic N) is 2. The van der Waals surface area contributed by atoms with E-state index in [4.69, 9.17) is 4.74 Å². The maximum absolute atomic E-state index is 11.3. The van der Waals surface area contributed by atoms with Crippen molar-refractivity contribution < 1.29 is 14.6 Å². The van der Waals surface area contributed by atoms with Crippen LogP contribution >= 0.6 is 0 Å². The average molecular weight is 433 g/mol. The van der Waals surface area contributed by atoms with Crippen molar-refractivity contribution >= 4 is 17.3 Å². The Bertz CT molecular complexity index is 1020. The molecule has 1 aliphatic rings. The van der Waals surface area contributed by atoms with Gasteiger partial charge in [-0.15, -0.1) is 5.10 Å². The lowest BCUT2D eigenvalue weighted by Crippen LogP contribution is -2.28. The standard InChI is InChI=1S/C25H28N4O3/c30-25(31)24-23(11-15-27-29-24)28-21-5-1-19(2-6-21)17-20-3-7-22(8-4-20)32-16-12-18-9-13-26-14-10-18/h1-8,11,15,18,26H,9-10,12-14,16-17H2,(H,27,28)(H,30,31). The van der Waals surface area contributed by atoms with Crippen LogP contribution in [0, 0.1) is 5.92 Å². The topological polar surface area (TPSA) is 96.4 Å². The fourth-order valence-electron chi connectivity index (χ4n) is 3.91. The number of carboxylic acid groups (broad SMARTS) is 1. The van der Waals surface area contributed by atoms with E-state index in [2.05, 4.69) is 33.0 Å². The number of aromatic carboxylic acids is 1. The van der Waals surface area contributed by atoms with Crippen LogP contribution in [0.2, 0.25) is 0 Å². The maximum atomic E-state index is 11.3. The van der Waals surface area contributed by atoms with Gasteiger partial charge in [-0.1, -0.05) is 24.3 Å². The fourth-order valence-corrected chi connectivity index (χ4v) is 3.91. The molecule has 3 N–H and O–H groups in total. The van der Waals surface area contributed by atoms with Crippen LogP contribution in [0.15, 0.2) is 60.8 Å². The number of benzene rings is 2. The molecule has 1 aromatic heterocycles. The lowest BCUT2D eigenvalue weighted by Gasteiger charge is -2.22. The molecule has 0 spiro atoms. The van der Waals surface area contributed by atoms with Crippen LogP contribution in [-0.4, -0.2) is 41.0 Å². The van der Waals surface area contributed by atoms with Crippen LogP contribution in [0.5, 0.6) is 5.75 Å². The smallest absolute Gasteiger partial charge is 0.358 e. The van der Waals surface area contributed by atoms with Gasteiger partial charge in [0.15, 0.2) is 5.69 Å². The van der Waals surface area contributed by atoms with Gasteiger partial charge in [0.25, 0.3) is 0 Å². The SMILES string of the molecule is O=C(O)c1nnccc1Nc1ccc(Cc2ccc(OCCC3CCNCC3)cc2)cc1. The van der Waals surface area contributed by atoms with Crippen molar-refractivity contribution in [1.82, 2.24) is 15.5 Å². The third-order valence-electron chi connectivity index (χ3n) is 5.74. The number of hydrogen-bond donors (Lipinski definition) is 3. The minimum absolute atomic E-state index is 0.102. The zero-order valence-electron chi connectivity index (χ0n) is 18.0. The average Bonchev–Trinajstić information content (AvgIpc) is 2.82. The Morgan fingerprint density at radius 2 is 1.72 bits per heavy atom. The fraction of sp³-hybridized carbons (Fsp3) is 0.320. The molecule has 7 heteroatoms. The summed E-state index contributed by atoms with van der Waals surface area (Å²) in [4.78, 5) is 11.3. The number of hydrogen-bond acceptors (Lipinski definition) is 6. The summed E-state index contributed by atoms with van der Waals surface area (Å²) < 4.78 is 5.93. The molecule has 1 aliphatic heterocycles. The Balaban J connectivity index is 1.28. The van der Waals surface area contributed by atoms with Crippen LogP contribution < -0.4 is 15.4 Å². The molecule has 166 valence electrons. The molecule has 0 unspecified atom stereocenters. The molecule has 0 radical (unpaired) electrons. The maximum Gasteiger partial charge on any atom is 0.358 e. The van der Waals surface area contributed by atoms with E-state index in [0.717, 1.165) is 49.9 Å². The van der Waals surface area contributed by atoms with Gasteiger partial charge in [0.05, 0.1) is 18.5 Å². The minimum atomic E-state index is -1.11. The van der Waals surface area contributed by atoms with Gasteiger partial charge in [-0.2, -0.15) is 5.10 Å². The van der Waals surface area contributed by atoms with Crippen molar-refractivity contribution in [1.29, 1.82) is 0 Å². The van der Waals surface area contributed by atoms with Gasteiger partial charge >= 0.3 is 5.97 Å². The van der Waals surface area contributed by atoms with Gasteiger partial charge in [-0.05, 0) is 86.1 Å². The Morgan fingerprint density at radius 3 is 2.41 bits per heavy atom. The minimum Gasteiger partial charge on any atom is -0.494 e. The van der Waals surface area contributed by atoms with Crippen molar-refractivity contribution in [2.45, 2.75) is 25.7 Å². The molecule has 4 rings (SSSR count). The van der Waals surface area contributed by atoms with Crippen LogP contribution in [0.1, 0.15) is 40.9 Å². The summed E-state index contributed by atoms with van der Waals surface area (Å²) in [7, 11) is 0. The quantitative estimate of drug-likeness (QED) is 0.464. The summed E-state index contributed by atoms with van der Waals surface area (Å²) in [6.45, 7) is 3.02. The molecule has 0 aliphatic carbocycles. The van der Waals surface area contributed by atoms with E-state index in [9.17, 15) is 9.90 Å². The van der Waals surface area contributed by atoms with Crippen molar-refractivity contribution in [3.8, 4) is 5.75 Å². The number of nitrogens with one attached hydrogen (secondary N) is 2. The first-order chi connectivity index (χ1) is 15.7. The molecule has 7 nitrogen and oxygen atoms in total. The molecule has 1 saturated heterocycles. The molecule has 32 heavy (non-hydrogen) atoms.